The molecule has 0 saturated carbocycles. The quantitative estimate of drug-likeness (QED) is 0.787. The Hall–Kier alpha value is -2.75. The van der Waals surface area contributed by atoms with E-state index in [1.54, 1.807) is 30.7 Å². The normalized spacial score (nSPS) is 10.4. The maximum Gasteiger partial charge on any atom is 0.251 e. The number of hydrogen-bond acceptors (Lipinski definition) is 3. The topological polar surface area (TPSA) is 55.4 Å². The van der Waals surface area contributed by atoms with Crippen molar-refractivity contribution in [1.29, 1.82) is 0 Å². The van der Waals surface area contributed by atoms with Gasteiger partial charge in [-0.15, -0.1) is 0 Å². The first-order valence-corrected chi connectivity index (χ1v) is 6.27. The molecule has 0 bridgehead atoms. The van der Waals surface area contributed by atoms with Crippen LogP contribution in [0.1, 0.15) is 16.1 Å². The lowest BCUT2D eigenvalue weighted by Gasteiger charge is -2.04. The van der Waals surface area contributed by atoms with E-state index in [0.29, 0.717) is 12.1 Å². The zero-order valence-electron chi connectivity index (χ0n) is 10.7. The van der Waals surface area contributed by atoms with Crippen molar-refractivity contribution in [3.63, 3.8) is 0 Å². The van der Waals surface area contributed by atoms with Crippen LogP contribution in [0.4, 0.5) is 0 Å². The summed E-state index contributed by atoms with van der Waals surface area (Å²) in [6.45, 7) is 0.381. The first-order valence-electron chi connectivity index (χ1n) is 6.27. The van der Waals surface area contributed by atoms with Gasteiger partial charge in [0.25, 0.3) is 5.91 Å². The highest BCUT2D eigenvalue weighted by atomic mass is 16.3. The van der Waals surface area contributed by atoms with Gasteiger partial charge < -0.3 is 14.2 Å². The van der Waals surface area contributed by atoms with E-state index in [4.69, 9.17) is 8.83 Å². The van der Waals surface area contributed by atoms with Crippen LogP contribution in [0.25, 0.3) is 11.3 Å². The molecule has 3 rings (SSSR count). The van der Waals surface area contributed by atoms with Crippen LogP contribution in [0, 0.1) is 0 Å². The Kier molecular flexibility index (Phi) is 3.37. The van der Waals surface area contributed by atoms with E-state index < -0.39 is 0 Å². The molecule has 1 N–H and O–H groups in total. The first-order chi connectivity index (χ1) is 9.83. The van der Waals surface area contributed by atoms with Crippen molar-refractivity contribution >= 4 is 5.91 Å². The van der Waals surface area contributed by atoms with Crippen molar-refractivity contribution < 1.29 is 13.6 Å². The average molecular weight is 267 g/mol. The van der Waals surface area contributed by atoms with Crippen LogP contribution >= 0.6 is 0 Å². The van der Waals surface area contributed by atoms with Gasteiger partial charge in [-0.3, -0.25) is 4.79 Å². The van der Waals surface area contributed by atoms with Crippen LogP contribution in [0.15, 0.2) is 69.9 Å². The molecule has 1 aromatic carbocycles. The van der Waals surface area contributed by atoms with Gasteiger partial charge in [0.05, 0.1) is 19.1 Å². The number of benzene rings is 1. The molecule has 0 radical (unpaired) electrons. The summed E-state index contributed by atoms with van der Waals surface area (Å²) >= 11 is 0. The molecule has 0 unspecified atom stereocenters. The molecule has 100 valence electrons. The Morgan fingerprint density at radius 3 is 2.35 bits per heavy atom. The molecule has 0 atom stereocenters. The number of hydrogen-bond donors (Lipinski definition) is 1. The second-order valence-corrected chi connectivity index (χ2v) is 4.32. The summed E-state index contributed by atoms with van der Waals surface area (Å²) in [5.41, 5.74) is 1.55. The minimum absolute atomic E-state index is 0.132. The maximum atomic E-state index is 12.0. The van der Waals surface area contributed by atoms with Crippen LogP contribution in [-0.2, 0) is 6.54 Å². The molecular weight excluding hydrogens is 254 g/mol. The van der Waals surface area contributed by atoms with Gasteiger partial charge in [0, 0.05) is 11.1 Å². The Morgan fingerprint density at radius 2 is 1.70 bits per heavy atom. The third kappa shape index (κ3) is 2.64. The lowest BCUT2D eigenvalue weighted by atomic mass is 10.1. The summed E-state index contributed by atoms with van der Waals surface area (Å²) in [6.07, 6.45) is 3.21. The van der Waals surface area contributed by atoms with Crippen molar-refractivity contribution in [2.75, 3.05) is 0 Å². The number of nitrogens with one attached hydrogen (secondary N) is 1. The van der Waals surface area contributed by atoms with E-state index in [2.05, 4.69) is 5.32 Å². The SMILES string of the molecule is O=C(NCc1ccco1)c1ccc(-c2ccco2)cc1. The number of carbonyl (C=O) groups excluding carboxylic acids is 1. The van der Waals surface area contributed by atoms with Gasteiger partial charge in [0.1, 0.15) is 11.5 Å². The van der Waals surface area contributed by atoms with E-state index in [9.17, 15) is 4.79 Å². The van der Waals surface area contributed by atoms with Crippen molar-refractivity contribution in [3.8, 4) is 11.3 Å². The van der Waals surface area contributed by atoms with Gasteiger partial charge in [-0.25, -0.2) is 0 Å². The Balaban J connectivity index is 1.66. The minimum atomic E-state index is -0.132. The second-order valence-electron chi connectivity index (χ2n) is 4.32. The fraction of sp³-hybridized carbons (Fsp3) is 0.0625. The molecule has 3 aromatic rings. The molecule has 0 saturated heterocycles. The Bertz CT molecular complexity index is 667. The first kappa shape index (κ1) is 12.3. The van der Waals surface area contributed by atoms with Gasteiger partial charge in [-0.05, 0) is 36.4 Å². The maximum absolute atomic E-state index is 12.0. The molecule has 2 aromatic heterocycles. The molecule has 0 spiro atoms. The third-order valence-electron chi connectivity index (χ3n) is 2.96. The van der Waals surface area contributed by atoms with Crippen LogP contribution < -0.4 is 5.32 Å². The lowest BCUT2D eigenvalue weighted by Crippen LogP contribution is -2.22. The molecule has 0 aliphatic heterocycles. The molecule has 20 heavy (non-hydrogen) atoms. The van der Waals surface area contributed by atoms with E-state index in [1.807, 2.05) is 30.3 Å². The smallest absolute Gasteiger partial charge is 0.251 e. The van der Waals surface area contributed by atoms with Crippen LogP contribution in [0.2, 0.25) is 0 Å². The highest BCUT2D eigenvalue weighted by Gasteiger charge is 2.07. The monoisotopic (exact) mass is 267 g/mol. The average Bonchev–Trinajstić information content (AvgIpc) is 3.18. The molecule has 0 fully saturated rings. The van der Waals surface area contributed by atoms with Crippen molar-refractivity contribution in [3.05, 3.63) is 72.4 Å². The Morgan fingerprint density at radius 1 is 0.950 bits per heavy atom. The van der Waals surface area contributed by atoms with Gasteiger partial charge in [-0.1, -0.05) is 12.1 Å². The van der Waals surface area contributed by atoms with Crippen LogP contribution in [-0.4, -0.2) is 5.91 Å². The molecule has 4 heteroatoms. The number of carbonyl (C=O) groups is 1. The van der Waals surface area contributed by atoms with Gasteiger partial charge in [0.2, 0.25) is 0 Å². The molecule has 0 aliphatic carbocycles. The second kappa shape index (κ2) is 5.48. The predicted molar refractivity (Wildman–Crippen MR) is 74.0 cm³/mol. The third-order valence-corrected chi connectivity index (χ3v) is 2.96. The fourth-order valence-electron chi connectivity index (χ4n) is 1.91. The molecule has 4 nitrogen and oxygen atoms in total. The van der Waals surface area contributed by atoms with E-state index in [-0.39, 0.29) is 5.91 Å². The molecular formula is C16H13NO3. The van der Waals surface area contributed by atoms with Crippen LogP contribution in [0.3, 0.4) is 0 Å². The fourth-order valence-corrected chi connectivity index (χ4v) is 1.91. The molecule has 1 amide bonds. The van der Waals surface area contributed by atoms with Gasteiger partial charge in [0.15, 0.2) is 0 Å². The summed E-state index contributed by atoms with van der Waals surface area (Å²) in [5.74, 6) is 1.38. The number of amides is 1. The summed E-state index contributed by atoms with van der Waals surface area (Å²) < 4.78 is 10.5. The highest BCUT2D eigenvalue weighted by molar-refractivity contribution is 5.94. The van der Waals surface area contributed by atoms with Crippen molar-refractivity contribution in [2.45, 2.75) is 6.54 Å². The van der Waals surface area contributed by atoms with E-state index >= 15 is 0 Å². The highest BCUT2D eigenvalue weighted by Crippen LogP contribution is 2.19. The summed E-state index contributed by atoms with van der Waals surface area (Å²) in [7, 11) is 0. The van der Waals surface area contributed by atoms with E-state index in [0.717, 1.165) is 17.1 Å². The number of rotatable bonds is 4. The van der Waals surface area contributed by atoms with Crippen LogP contribution in [0.5, 0.6) is 0 Å². The standard InChI is InChI=1S/C16H13NO3/c18-16(17-11-14-3-1-9-19-14)13-7-5-12(6-8-13)15-4-2-10-20-15/h1-10H,11H2,(H,17,18). The molecule has 2 heterocycles. The van der Waals surface area contributed by atoms with E-state index in [1.165, 1.54) is 0 Å². The zero-order valence-corrected chi connectivity index (χ0v) is 10.7. The zero-order chi connectivity index (χ0) is 13.8. The Labute approximate surface area is 116 Å². The molecule has 0 aliphatic rings. The van der Waals surface area contributed by atoms with Crippen molar-refractivity contribution in [2.24, 2.45) is 0 Å². The minimum Gasteiger partial charge on any atom is -0.467 e. The van der Waals surface area contributed by atoms with Gasteiger partial charge >= 0.3 is 0 Å². The summed E-state index contributed by atoms with van der Waals surface area (Å²) in [5, 5.41) is 2.80. The van der Waals surface area contributed by atoms with Crippen molar-refractivity contribution in [1.82, 2.24) is 5.32 Å². The summed E-state index contributed by atoms with van der Waals surface area (Å²) in [6, 6.07) is 14.6. The van der Waals surface area contributed by atoms with Gasteiger partial charge in [-0.2, -0.15) is 0 Å². The predicted octanol–water partition coefficient (Wildman–Crippen LogP) is 3.47. The lowest BCUT2D eigenvalue weighted by molar-refractivity contribution is 0.0948. The largest absolute Gasteiger partial charge is 0.467 e. The summed E-state index contributed by atoms with van der Waals surface area (Å²) in [4.78, 5) is 12.0. The number of furan rings is 2.